The molecule has 0 saturated heterocycles. The molecule has 150 valence electrons. The summed E-state index contributed by atoms with van der Waals surface area (Å²) in [7, 11) is 0. The Labute approximate surface area is 175 Å². The number of aromatic amines is 1. The first-order valence-electron chi connectivity index (χ1n) is 9.97. The number of para-hydroxylation sites is 1. The molecule has 2 heterocycles. The number of aromatic nitrogens is 2. The highest BCUT2D eigenvalue weighted by Crippen LogP contribution is 2.19. The maximum absolute atomic E-state index is 13.1. The molecule has 4 aromatic rings. The van der Waals surface area contributed by atoms with Crippen LogP contribution in [-0.4, -0.2) is 15.9 Å². The molecule has 2 aromatic carbocycles. The summed E-state index contributed by atoms with van der Waals surface area (Å²) in [6.45, 7) is 2.43. The first-order chi connectivity index (χ1) is 14.6. The van der Waals surface area contributed by atoms with Crippen LogP contribution in [0.5, 0.6) is 0 Å². The Hall–Kier alpha value is -3.73. The molecule has 0 atom stereocenters. The normalized spacial score (nSPS) is 10.8. The van der Waals surface area contributed by atoms with Crippen molar-refractivity contribution in [2.24, 2.45) is 0 Å². The van der Waals surface area contributed by atoms with Gasteiger partial charge in [-0.3, -0.25) is 14.6 Å². The molecule has 2 aromatic heterocycles. The fraction of sp³-hybridized carbons (Fsp3) is 0.160. The van der Waals surface area contributed by atoms with E-state index in [0.717, 1.165) is 27.7 Å². The van der Waals surface area contributed by atoms with E-state index >= 15 is 0 Å². The van der Waals surface area contributed by atoms with Crippen molar-refractivity contribution in [1.29, 1.82) is 0 Å². The van der Waals surface area contributed by atoms with Gasteiger partial charge in [0.1, 0.15) is 0 Å². The largest absolute Gasteiger partial charge is 0.322 e. The number of carbonyl (C=O) groups excluding carboxylic acids is 1. The Bertz CT molecular complexity index is 1220. The second-order valence-corrected chi connectivity index (χ2v) is 7.39. The summed E-state index contributed by atoms with van der Waals surface area (Å²) in [5.74, 6) is -0.0338. The second-order valence-electron chi connectivity index (χ2n) is 7.39. The Balaban J connectivity index is 1.55. The number of nitrogens with one attached hydrogen (secondary N) is 1. The summed E-state index contributed by atoms with van der Waals surface area (Å²) >= 11 is 0. The van der Waals surface area contributed by atoms with Gasteiger partial charge in [0.15, 0.2) is 0 Å². The van der Waals surface area contributed by atoms with Crippen LogP contribution in [-0.2, 0) is 17.8 Å². The molecular formula is C25H23N3O2. The molecule has 0 aliphatic heterocycles. The van der Waals surface area contributed by atoms with Crippen LogP contribution in [0.1, 0.15) is 23.1 Å². The monoisotopic (exact) mass is 397 g/mol. The minimum atomic E-state index is -0.139. The number of carbonyl (C=O) groups is 1. The standard InChI is InChI=1S/C25H23N3O2/c1-18-9-10-20-15-21(25(30)27-23(20)14-18)11-12-24(29)28(22-7-3-2-4-8-22)17-19-6-5-13-26-16-19/h2-10,13-16H,11-12,17H2,1H3,(H,27,30). The van der Waals surface area contributed by atoms with E-state index in [2.05, 4.69) is 9.97 Å². The maximum atomic E-state index is 13.1. The molecule has 0 radical (unpaired) electrons. The Morgan fingerprint density at radius 2 is 1.87 bits per heavy atom. The van der Waals surface area contributed by atoms with Gasteiger partial charge in [-0.15, -0.1) is 0 Å². The van der Waals surface area contributed by atoms with Crippen molar-refractivity contribution in [3.63, 3.8) is 0 Å². The molecule has 0 bridgehead atoms. The fourth-order valence-electron chi connectivity index (χ4n) is 3.53. The van der Waals surface area contributed by atoms with E-state index in [1.54, 1.807) is 17.3 Å². The highest BCUT2D eigenvalue weighted by atomic mass is 16.2. The lowest BCUT2D eigenvalue weighted by Gasteiger charge is -2.23. The molecule has 0 aliphatic rings. The first-order valence-corrected chi connectivity index (χ1v) is 9.97. The number of anilines is 1. The van der Waals surface area contributed by atoms with Crippen molar-refractivity contribution < 1.29 is 4.79 Å². The van der Waals surface area contributed by atoms with Gasteiger partial charge in [-0.2, -0.15) is 0 Å². The van der Waals surface area contributed by atoms with Crippen LogP contribution >= 0.6 is 0 Å². The number of nitrogens with zero attached hydrogens (tertiary/aromatic N) is 2. The summed E-state index contributed by atoms with van der Waals surface area (Å²) in [4.78, 5) is 34.5. The van der Waals surface area contributed by atoms with Gasteiger partial charge in [0.05, 0.1) is 6.54 Å². The zero-order valence-electron chi connectivity index (χ0n) is 16.8. The third-order valence-corrected chi connectivity index (χ3v) is 5.12. The van der Waals surface area contributed by atoms with Crippen LogP contribution in [0.15, 0.2) is 83.9 Å². The van der Waals surface area contributed by atoms with E-state index in [1.807, 2.05) is 73.7 Å². The van der Waals surface area contributed by atoms with E-state index < -0.39 is 0 Å². The molecule has 0 unspecified atom stereocenters. The zero-order chi connectivity index (χ0) is 20.9. The molecule has 0 saturated carbocycles. The minimum Gasteiger partial charge on any atom is -0.322 e. The second kappa shape index (κ2) is 8.74. The molecular weight excluding hydrogens is 374 g/mol. The topological polar surface area (TPSA) is 66.1 Å². The van der Waals surface area contributed by atoms with Crippen molar-refractivity contribution in [2.45, 2.75) is 26.3 Å². The Morgan fingerprint density at radius 3 is 2.63 bits per heavy atom. The van der Waals surface area contributed by atoms with Crippen molar-refractivity contribution in [2.75, 3.05) is 4.90 Å². The third-order valence-electron chi connectivity index (χ3n) is 5.12. The maximum Gasteiger partial charge on any atom is 0.251 e. The summed E-state index contributed by atoms with van der Waals surface area (Å²) in [5, 5.41) is 0.970. The number of H-pyrrole nitrogens is 1. The van der Waals surface area contributed by atoms with Gasteiger partial charge in [0.2, 0.25) is 5.91 Å². The summed E-state index contributed by atoms with van der Waals surface area (Å²) in [6.07, 6.45) is 4.11. The molecule has 0 aliphatic carbocycles. The number of aryl methyl sites for hydroxylation is 2. The van der Waals surface area contributed by atoms with Crippen LogP contribution in [0.25, 0.3) is 10.9 Å². The van der Waals surface area contributed by atoms with Gasteiger partial charge in [0, 0.05) is 35.6 Å². The molecule has 1 N–H and O–H groups in total. The van der Waals surface area contributed by atoms with E-state index in [4.69, 9.17) is 0 Å². The van der Waals surface area contributed by atoms with Gasteiger partial charge in [-0.25, -0.2) is 0 Å². The predicted molar refractivity (Wildman–Crippen MR) is 119 cm³/mol. The van der Waals surface area contributed by atoms with E-state index in [1.165, 1.54) is 0 Å². The average molecular weight is 397 g/mol. The number of amides is 1. The van der Waals surface area contributed by atoms with Gasteiger partial charge in [-0.1, -0.05) is 36.4 Å². The quantitative estimate of drug-likeness (QED) is 0.524. The van der Waals surface area contributed by atoms with Crippen LogP contribution in [0.3, 0.4) is 0 Å². The van der Waals surface area contributed by atoms with Crippen molar-refractivity contribution in [1.82, 2.24) is 9.97 Å². The lowest BCUT2D eigenvalue weighted by molar-refractivity contribution is -0.118. The predicted octanol–water partition coefficient (Wildman–Crippen LogP) is 4.40. The Kier molecular flexibility index (Phi) is 5.70. The highest BCUT2D eigenvalue weighted by Gasteiger charge is 2.17. The molecule has 5 nitrogen and oxygen atoms in total. The number of fused-ring (bicyclic) bond motifs is 1. The molecule has 30 heavy (non-hydrogen) atoms. The first kappa shape index (κ1) is 19.6. The van der Waals surface area contributed by atoms with Crippen LogP contribution in [0.4, 0.5) is 5.69 Å². The Morgan fingerprint density at radius 1 is 1.03 bits per heavy atom. The number of rotatable bonds is 6. The third kappa shape index (κ3) is 4.46. The van der Waals surface area contributed by atoms with Gasteiger partial charge in [-0.05, 0) is 60.2 Å². The fourth-order valence-corrected chi connectivity index (χ4v) is 3.53. The van der Waals surface area contributed by atoms with E-state index in [9.17, 15) is 9.59 Å². The highest BCUT2D eigenvalue weighted by molar-refractivity contribution is 5.93. The average Bonchev–Trinajstić information content (AvgIpc) is 2.77. The number of hydrogen-bond donors (Lipinski definition) is 1. The van der Waals surface area contributed by atoms with E-state index in [-0.39, 0.29) is 17.9 Å². The van der Waals surface area contributed by atoms with Crippen LogP contribution < -0.4 is 10.5 Å². The van der Waals surface area contributed by atoms with E-state index in [0.29, 0.717) is 18.5 Å². The van der Waals surface area contributed by atoms with Crippen LogP contribution in [0.2, 0.25) is 0 Å². The summed E-state index contributed by atoms with van der Waals surface area (Å²) < 4.78 is 0. The van der Waals surface area contributed by atoms with Crippen molar-refractivity contribution in [3.05, 3.63) is 106 Å². The molecule has 1 amide bonds. The van der Waals surface area contributed by atoms with Gasteiger partial charge >= 0.3 is 0 Å². The molecule has 0 spiro atoms. The summed E-state index contributed by atoms with van der Waals surface area (Å²) in [6, 6.07) is 21.2. The molecule has 4 rings (SSSR count). The van der Waals surface area contributed by atoms with Crippen molar-refractivity contribution >= 4 is 22.5 Å². The SMILES string of the molecule is Cc1ccc2cc(CCC(=O)N(Cc3cccnc3)c3ccccc3)c(=O)[nH]c2c1. The molecule has 5 heteroatoms. The number of pyridine rings is 2. The molecule has 0 fully saturated rings. The lowest BCUT2D eigenvalue weighted by Crippen LogP contribution is -2.31. The zero-order valence-corrected chi connectivity index (χ0v) is 16.8. The lowest BCUT2D eigenvalue weighted by atomic mass is 10.1. The minimum absolute atomic E-state index is 0.0338. The van der Waals surface area contributed by atoms with Gasteiger partial charge < -0.3 is 9.88 Å². The smallest absolute Gasteiger partial charge is 0.251 e. The van der Waals surface area contributed by atoms with Crippen molar-refractivity contribution in [3.8, 4) is 0 Å². The van der Waals surface area contributed by atoms with Crippen LogP contribution in [0, 0.1) is 6.92 Å². The summed E-state index contributed by atoms with van der Waals surface area (Å²) in [5.41, 5.74) is 4.17. The van der Waals surface area contributed by atoms with Gasteiger partial charge in [0.25, 0.3) is 5.56 Å². The number of benzene rings is 2. The number of hydrogen-bond acceptors (Lipinski definition) is 3.